The molecule has 3 N–H and O–H groups in total. The minimum atomic E-state index is -0.223. The summed E-state index contributed by atoms with van der Waals surface area (Å²) in [6.07, 6.45) is 0. The number of aromatic nitrogens is 2. The van der Waals surface area contributed by atoms with Crippen LogP contribution >= 0.6 is 23.1 Å². The zero-order chi connectivity index (χ0) is 14.4. The van der Waals surface area contributed by atoms with Crippen molar-refractivity contribution in [3.8, 4) is 0 Å². The van der Waals surface area contributed by atoms with Crippen LogP contribution in [-0.2, 0) is 10.5 Å². The van der Waals surface area contributed by atoms with Gasteiger partial charge >= 0.3 is 0 Å². The van der Waals surface area contributed by atoms with Crippen LogP contribution in [0.15, 0.2) is 34.7 Å². The van der Waals surface area contributed by atoms with Crippen molar-refractivity contribution < 1.29 is 4.79 Å². The lowest BCUT2D eigenvalue weighted by molar-refractivity contribution is -0.119. The number of benzene rings is 1. The highest BCUT2D eigenvalue weighted by molar-refractivity contribution is 8.00. The van der Waals surface area contributed by atoms with Crippen molar-refractivity contribution in [2.45, 2.75) is 17.0 Å². The molecule has 5 nitrogen and oxygen atoms in total. The topological polar surface area (TPSA) is 80.9 Å². The molecule has 0 aliphatic rings. The van der Waals surface area contributed by atoms with Crippen LogP contribution < -0.4 is 11.1 Å². The lowest BCUT2D eigenvalue weighted by Crippen LogP contribution is -2.26. The van der Waals surface area contributed by atoms with Crippen LogP contribution in [0.1, 0.15) is 12.5 Å². The van der Waals surface area contributed by atoms with E-state index in [0.29, 0.717) is 11.7 Å². The molecule has 1 amide bonds. The third-order valence-corrected chi connectivity index (χ3v) is 4.69. The monoisotopic (exact) mass is 308 g/mol. The molecule has 1 aromatic heterocycles. The maximum Gasteiger partial charge on any atom is 0.230 e. The highest BCUT2D eigenvalue weighted by Gasteiger charge is 2.13. The van der Waals surface area contributed by atoms with Gasteiger partial charge in [-0.25, -0.2) is 0 Å². The van der Waals surface area contributed by atoms with Crippen molar-refractivity contribution in [3.05, 3.63) is 35.9 Å². The number of amides is 1. The van der Waals surface area contributed by atoms with E-state index < -0.39 is 0 Å². The first-order valence-electron chi connectivity index (χ1n) is 6.20. The minimum Gasteiger partial charge on any atom is -0.330 e. The highest BCUT2D eigenvalue weighted by Crippen LogP contribution is 2.28. The van der Waals surface area contributed by atoms with Gasteiger partial charge in [-0.1, -0.05) is 60.4 Å². The normalized spacial score (nSPS) is 12.1. The molecule has 0 saturated heterocycles. The highest BCUT2D eigenvalue weighted by atomic mass is 32.2. The van der Waals surface area contributed by atoms with Crippen LogP contribution in [0.3, 0.4) is 0 Å². The maximum absolute atomic E-state index is 11.7. The quantitative estimate of drug-likeness (QED) is 0.632. The molecule has 106 valence electrons. The fraction of sp³-hybridized carbons (Fsp3) is 0.308. The molecular weight excluding hydrogens is 292 g/mol. The molecule has 0 radical (unpaired) electrons. The number of thioether (sulfide) groups is 1. The number of rotatable bonds is 6. The Morgan fingerprint density at radius 3 is 2.85 bits per heavy atom. The fourth-order valence-corrected chi connectivity index (χ4v) is 3.08. The molecule has 0 aliphatic carbocycles. The van der Waals surface area contributed by atoms with Crippen molar-refractivity contribution in [1.29, 1.82) is 0 Å². The number of anilines is 1. The number of hydrogen-bond acceptors (Lipinski definition) is 6. The van der Waals surface area contributed by atoms with Gasteiger partial charge < -0.3 is 11.1 Å². The van der Waals surface area contributed by atoms with Gasteiger partial charge in [0.2, 0.25) is 11.0 Å². The number of nitrogens with zero attached hydrogens (tertiary/aromatic N) is 2. The van der Waals surface area contributed by atoms with Crippen molar-refractivity contribution in [2.24, 2.45) is 11.7 Å². The molecule has 1 atom stereocenters. The van der Waals surface area contributed by atoms with Crippen LogP contribution in [0.25, 0.3) is 0 Å². The van der Waals surface area contributed by atoms with Crippen LogP contribution in [0.2, 0.25) is 0 Å². The van der Waals surface area contributed by atoms with Crippen LogP contribution in [0, 0.1) is 5.92 Å². The lowest BCUT2D eigenvalue weighted by atomic mass is 10.2. The van der Waals surface area contributed by atoms with E-state index >= 15 is 0 Å². The average molecular weight is 308 g/mol. The van der Waals surface area contributed by atoms with Crippen molar-refractivity contribution in [2.75, 3.05) is 11.9 Å². The molecule has 1 aromatic carbocycles. The zero-order valence-electron chi connectivity index (χ0n) is 11.1. The van der Waals surface area contributed by atoms with Gasteiger partial charge in [-0.3, -0.25) is 4.79 Å². The number of carbonyl (C=O) groups excluding carboxylic acids is 1. The van der Waals surface area contributed by atoms with Gasteiger partial charge in [0.05, 0.1) is 0 Å². The molecule has 0 fully saturated rings. The Bertz CT molecular complexity index is 559. The summed E-state index contributed by atoms with van der Waals surface area (Å²) in [7, 11) is 0. The zero-order valence-corrected chi connectivity index (χ0v) is 12.7. The number of hydrogen-bond donors (Lipinski definition) is 2. The summed E-state index contributed by atoms with van der Waals surface area (Å²) in [4.78, 5) is 11.7. The molecule has 0 spiro atoms. The molecule has 1 heterocycles. The average Bonchev–Trinajstić information content (AvgIpc) is 2.92. The van der Waals surface area contributed by atoms with Crippen molar-refractivity contribution in [1.82, 2.24) is 10.2 Å². The van der Waals surface area contributed by atoms with E-state index in [1.165, 1.54) is 16.9 Å². The Hall–Kier alpha value is -1.44. The Balaban J connectivity index is 1.88. The molecule has 0 bridgehead atoms. The molecule has 2 rings (SSSR count). The Kier molecular flexibility index (Phi) is 5.51. The largest absolute Gasteiger partial charge is 0.330 e. The fourth-order valence-electron chi connectivity index (χ4n) is 1.37. The Morgan fingerprint density at radius 2 is 2.15 bits per heavy atom. The first kappa shape index (κ1) is 15.0. The maximum atomic E-state index is 11.7. The number of nitrogens with one attached hydrogen (secondary N) is 1. The summed E-state index contributed by atoms with van der Waals surface area (Å²) in [6.45, 7) is 2.10. The van der Waals surface area contributed by atoms with Crippen molar-refractivity contribution >= 4 is 34.1 Å². The number of carbonyl (C=O) groups is 1. The summed E-state index contributed by atoms with van der Waals surface area (Å²) in [6, 6.07) is 10.1. The summed E-state index contributed by atoms with van der Waals surface area (Å²) >= 11 is 2.98. The summed E-state index contributed by atoms with van der Waals surface area (Å²) < 4.78 is 0.838. The van der Waals surface area contributed by atoms with E-state index in [0.717, 1.165) is 10.1 Å². The summed E-state index contributed by atoms with van der Waals surface area (Å²) in [5, 5.41) is 11.3. The Morgan fingerprint density at radius 1 is 1.40 bits per heavy atom. The van der Waals surface area contributed by atoms with Crippen LogP contribution in [-0.4, -0.2) is 22.6 Å². The lowest BCUT2D eigenvalue weighted by Gasteiger charge is -2.05. The first-order chi connectivity index (χ1) is 9.69. The standard InChI is InChI=1S/C13H16N4OS2/c1-9(7-14)11(18)15-12-16-17-13(20-12)19-8-10-5-3-2-4-6-10/h2-6,9H,7-8,14H2,1H3,(H,15,16,18). The molecular formula is C13H16N4OS2. The predicted octanol–water partition coefficient (Wildman–Crippen LogP) is 2.36. The van der Waals surface area contributed by atoms with Gasteiger partial charge in [-0.15, -0.1) is 10.2 Å². The van der Waals surface area contributed by atoms with E-state index in [2.05, 4.69) is 27.6 Å². The second-order valence-corrected chi connectivity index (χ2v) is 6.47. The molecule has 0 aliphatic heterocycles. The SMILES string of the molecule is CC(CN)C(=O)Nc1nnc(SCc2ccccc2)s1. The summed E-state index contributed by atoms with van der Waals surface area (Å²) in [5.41, 5.74) is 6.68. The van der Waals surface area contributed by atoms with E-state index in [-0.39, 0.29) is 11.8 Å². The molecule has 1 unspecified atom stereocenters. The first-order valence-corrected chi connectivity index (χ1v) is 8.00. The van der Waals surface area contributed by atoms with Gasteiger partial charge in [-0.05, 0) is 5.56 Å². The van der Waals surface area contributed by atoms with E-state index in [1.807, 2.05) is 18.2 Å². The van der Waals surface area contributed by atoms with Crippen molar-refractivity contribution in [3.63, 3.8) is 0 Å². The van der Waals surface area contributed by atoms with E-state index in [4.69, 9.17) is 5.73 Å². The van der Waals surface area contributed by atoms with Gasteiger partial charge in [0.1, 0.15) is 0 Å². The second kappa shape index (κ2) is 7.37. The third-order valence-electron chi connectivity index (χ3n) is 2.64. The van der Waals surface area contributed by atoms with Gasteiger partial charge in [0, 0.05) is 18.2 Å². The molecule has 2 aromatic rings. The third kappa shape index (κ3) is 4.29. The molecule has 7 heteroatoms. The van der Waals surface area contributed by atoms with E-state index in [1.54, 1.807) is 18.7 Å². The molecule has 0 saturated carbocycles. The molecule has 20 heavy (non-hydrogen) atoms. The number of nitrogens with two attached hydrogens (primary N) is 1. The Labute approximate surface area is 126 Å². The van der Waals surface area contributed by atoms with Crippen LogP contribution in [0.5, 0.6) is 0 Å². The second-order valence-electron chi connectivity index (χ2n) is 4.27. The van der Waals surface area contributed by atoms with Gasteiger partial charge in [0.25, 0.3) is 0 Å². The van der Waals surface area contributed by atoms with Crippen LogP contribution in [0.4, 0.5) is 5.13 Å². The summed E-state index contributed by atoms with van der Waals surface area (Å²) in [5.74, 6) is 0.491. The van der Waals surface area contributed by atoms with E-state index in [9.17, 15) is 4.79 Å². The van der Waals surface area contributed by atoms with Gasteiger partial charge in [-0.2, -0.15) is 0 Å². The predicted molar refractivity (Wildman–Crippen MR) is 82.8 cm³/mol. The van der Waals surface area contributed by atoms with Gasteiger partial charge in [0.15, 0.2) is 4.34 Å². The smallest absolute Gasteiger partial charge is 0.230 e. The minimum absolute atomic E-state index is 0.122.